The maximum absolute atomic E-state index is 5.87. The van der Waals surface area contributed by atoms with Crippen molar-refractivity contribution in [1.29, 1.82) is 0 Å². The zero-order chi connectivity index (χ0) is 14.4. The molecule has 1 aromatic heterocycles. The number of hydrogen-bond donors (Lipinski definition) is 0. The van der Waals surface area contributed by atoms with Gasteiger partial charge in [0, 0.05) is 4.90 Å². The Morgan fingerprint density at radius 2 is 2.10 bits per heavy atom. The van der Waals surface area contributed by atoms with Crippen LogP contribution in [0.25, 0.3) is 0 Å². The normalized spacial score (nSPS) is 10.3. The smallest absolute Gasteiger partial charge is 0.321 e. The Balaban J connectivity index is 2.17. The number of halogens is 1. The lowest BCUT2D eigenvalue weighted by Gasteiger charge is -2.06. The summed E-state index contributed by atoms with van der Waals surface area (Å²) in [6, 6.07) is 7.86. The van der Waals surface area contributed by atoms with Crippen molar-refractivity contribution < 1.29 is 9.47 Å². The van der Waals surface area contributed by atoms with Gasteiger partial charge in [-0.15, -0.1) is 0 Å². The molecule has 0 N–H and O–H groups in total. The van der Waals surface area contributed by atoms with Crippen LogP contribution < -0.4 is 9.47 Å². The molecular formula is C13H14ClN3O2S. The monoisotopic (exact) mass is 311 g/mol. The lowest BCUT2D eigenvalue weighted by atomic mass is 10.3. The SMILES string of the molecule is CCCOc1nc(Cl)nc(Sc2cccc(OC)c2)n1. The van der Waals surface area contributed by atoms with Gasteiger partial charge in [-0.3, -0.25) is 0 Å². The van der Waals surface area contributed by atoms with E-state index in [9.17, 15) is 0 Å². The molecule has 2 rings (SSSR count). The zero-order valence-corrected chi connectivity index (χ0v) is 12.7. The summed E-state index contributed by atoms with van der Waals surface area (Å²) in [5, 5.41) is 0.612. The number of rotatable bonds is 6. The Bertz CT molecular complexity index is 583. The lowest BCUT2D eigenvalue weighted by molar-refractivity contribution is 0.288. The van der Waals surface area contributed by atoms with Crippen LogP contribution in [0, 0.1) is 0 Å². The van der Waals surface area contributed by atoms with Crippen LogP contribution in [0.3, 0.4) is 0 Å². The summed E-state index contributed by atoms with van der Waals surface area (Å²) in [6.45, 7) is 2.55. The van der Waals surface area contributed by atoms with Crippen LogP contribution in [0.1, 0.15) is 13.3 Å². The molecule has 0 aliphatic rings. The number of aromatic nitrogens is 3. The van der Waals surface area contributed by atoms with Gasteiger partial charge in [0.1, 0.15) is 5.75 Å². The molecule has 0 atom stereocenters. The van der Waals surface area contributed by atoms with Crippen molar-refractivity contribution in [3.63, 3.8) is 0 Å². The van der Waals surface area contributed by atoms with Crippen molar-refractivity contribution in [2.75, 3.05) is 13.7 Å². The highest BCUT2D eigenvalue weighted by molar-refractivity contribution is 7.99. The van der Waals surface area contributed by atoms with E-state index in [0.29, 0.717) is 11.8 Å². The highest BCUT2D eigenvalue weighted by Gasteiger charge is 2.08. The molecule has 1 heterocycles. The quantitative estimate of drug-likeness (QED) is 0.814. The van der Waals surface area contributed by atoms with Crippen LogP contribution in [0.15, 0.2) is 34.3 Å². The van der Waals surface area contributed by atoms with Crippen molar-refractivity contribution in [1.82, 2.24) is 15.0 Å². The van der Waals surface area contributed by atoms with E-state index in [1.807, 2.05) is 31.2 Å². The second-order valence-electron chi connectivity index (χ2n) is 3.80. The third-order valence-corrected chi connectivity index (χ3v) is 3.28. The molecule has 106 valence electrons. The van der Waals surface area contributed by atoms with Crippen LogP contribution in [0.4, 0.5) is 0 Å². The second kappa shape index (κ2) is 7.31. The van der Waals surface area contributed by atoms with Gasteiger partial charge < -0.3 is 9.47 Å². The van der Waals surface area contributed by atoms with E-state index in [1.54, 1.807) is 7.11 Å². The van der Waals surface area contributed by atoms with Gasteiger partial charge in [-0.1, -0.05) is 13.0 Å². The van der Waals surface area contributed by atoms with Gasteiger partial charge >= 0.3 is 6.01 Å². The minimum absolute atomic E-state index is 0.122. The van der Waals surface area contributed by atoms with Crippen molar-refractivity contribution in [2.45, 2.75) is 23.4 Å². The highest BCUT2D eigenvalue weighted by atomic mass is 35.5. The Morgan fingerprint density at radius 3 is 2.85 bits per heavy atom. The Hall–Kier alpha value is -1.53. The predicted octanol–water partition coefficient (Wildman–Crippen LogP) is 3.47. The standard InChI is InChI=1S/C13H14ClN3O2S/c1-3-7-19-12-15-11(14)16-13(17-12)20-10-6-4-5-9(8-10)18-2/h4-6,8H,3,7H2,1-2H3. The first-order valence-corrected chi connectivity index (χ1v) is 7.27. The van der Waals surface area contributed by atoms with Crippen LogP contribution in [-0.4, -0.2) is 28.7 Å². The summed E-state index contributed by atoms with van der Waals surface area (Å²) in [5.74, 6) is 0.776. The molecule has 0 aliphatic heterocycles. The van der Waals surface area contributed by atoms with E-state index in [1.165, 1.54) is 11.8 Å². The first-order chi connectivity index (χ1) is 9.71. The molecular weight excluding hydrogens is 298 g/mol. The van der Waals surface area contributed by atoms with E-state index in [2.05, 4.69) is 15.0 Å². The largest absolute Gasteiger partial charge is 0.497 e. The summed E-state index contributed by atoms with van der Waals surface area (Å²) in [6.07, 6.45) is 0.877. The van der Waals surface area contributed by atoms with Gasteiger partial charge in [0.2, 0.25) is 5.28 Å². The number of methoxy groups -OCH3 is 1. The molecule has 1 aromatic carbocycles. The van der Waals surface area contributed by atoms with Crippen molar-refractivity contribution in [3.05, 3.63) is 29.5 Å². The average Bonchev–Trinajstić information content (AvgIpc) is 2.44. The van der Waals surface area contributed by atoms with Crippen molar-refractivity contribution >= 4 is 23.4 Å². The fraction of sp³-hybridized carbons (Fsp3) is 0.308. The fourth-order valence-electron chi connectivity index (χ4n) is 1.39. The minimum atomic E-state index is 0.122. The van der Waals surface area contributed by atoms with Crippen molar-refractivity contribution in [2.24, 2.45) is 0 Å². The predicted molar refractivity (Wildman–Crippen MR) is 77.7 cm³/mol. The van der Waals surface area contributed by atoms with E-state index >= 15 is 0 Å². The fourth-order valence-corrected chi connectivity index (χ4v) is 2.38. The molecule has 0 saturated carbocycles. The van der Waals surface area contributed by atoms with E-state index < -0.39 is 0 Å². The van der Waals surface area contributed by atoms with E-state index in [-0.39, 0.29) is 11.3 Å². The van der Waals surface area contributed by atoms with Gasteiger partial charge in [-0.05, 0) is 48.0 Å². The number of hydrogen-bond acceptors (Lipinski definition) is 6. The lowest BCUT2D eigenvalue weighted by Crippen LogP contribution is -2.02. The van der Waals surface area contributed by atoms with Gasteiger partial charge in [-0.2, -0.15) is 15.0 Å². The highest BCUT2D eigenvalue weighted by Crippen LogP contribution is 2.28. The molecule has 0 spiro atoms. The summed E-state index contributed by atoms with van der Waals surface area (Å²) in [4.78, 5) is 13.2. The maximum Gasteiger partial charge on any atom is 0.321 e. The first kappa shape index (κ1) is 14.9. The van der Waals surface area contributed by atoms with Crippen LogP contribution in [0.5, 0.6) is 11.8 Å². The summed E-state index contributed by atoms with van der Waals surface area (Å²) in [5.41, 5.74) is 0. The first-order valence-electron chi connectivity index (χ1n) is 6.07. The third-order valence-electron chi connectivity index (χ3n) is 2.25. The molecule has 2 aromatic rings. The van der Waals surface area contributed by atoms with E-state index in [4.69, 9.17) is 21.1 Å². The Kier molecular flexibility index (Phi) is 5.43. The summed E-state index contributed by atoms with van der Waals surface area (Å²) >= 11 is 7.25. The molecule has 0 saturated heterocycles. The molecule has 20 heavy (non-hydrogen) atoms. The third kappa shape index (κ3) is 4.25. The molecule has 0 bridgehead atoms. The molecule has 0 unspecified atom stereocenters. The van der Waals surface area contributed by atoms with Crippen molar-refractivity contribution in [3.8, 4) is 11.8 Å². The van der Waals surface area contributed by atoms with Gasteiger partial charge in [-0.25, -0.2) is 0 Å². The summed E-state index contributed by atoms with van der Waals surface area (Å²) in [7, 11) is 1.63. The Labute approximate surface area is 126 Å². The zero-order valence-electron chi connectivity index (χ0n) is 11.2. The summed E-state index contributed by atoms with van der Waals surface area (Å²) < 4.78 is 10.6. The van der Waals surface area contributed by atoms with Gasteiger partial charge in [0.25, 0.3) is 0 Å². The second-order valence-corrected chi connectivity index (χ2v) is 5.18. The molecule has 0 radical (unpaired) electrons. The molecule has 0 amide bonds. The topological polar surface area (TPSA) is 57.1 Å². The molecule has 7 heteroatoms. The van der Waals surface area contributed by atoms with Gasteiger partial charge in [0.05, 0.1) is 13.7 Å². The van der Waals surface area contributed by atoms with E-state index in [0.717, 1.165) is 17.1 Å². The molecule has 0 fully saturated rings. The number of nitrogens with zero attached hydrogens (tertiary/aromatic N) is 3. The van der Waals surface area contributed by atoms with Crippen LogP contribution >= 0.6 is 23.4 Å². The van der Waals surface area contributed by atoms with Gasteiger partial charge in [0.15, 0.2) is 5.16 Å². The van der Waals surface area contributed by atoms with Crippen LogP contribution in [-0.2, 0) is 0 Å². The Morgan fingerprint density at radius 1 is 1.25 bits per heavy atom. The molecule has 5 nitrogen and oxygen atoms in total. The maximum atomic E-state index is 5.87. The number of benzene rings is 1. The molecule has 0 aliphatic carbocycles. The van der Waals surface area contributed by atoms with Crippen LogP contribution in [0.2, 0.25) is 5.28 Å². The number of ether oxygens (including phenoxy) is 2. The average molecular weight is 312 g/mol. The minimum Gasteiger partial charge on any atom is -0.497 e.